The maximum atomic E-state index is 13.2. The lowest BCUT2D eigenvalue weighted by Gasteiger charge is -2.43. The lowest BCUT2D eigenvalue weighted by Crippen LogP contribution is -2.53. The fraction of sp³-hybridized carbons (Fsp3) is 0.395. The van der Waals surface area contributed by atoms with Crippen LogP contribution in [-0.4, -0.2) is 111 Å². The highest BCUT2D eigenvalue weighted by Gasteiger charge is 2.29. The van der Waals surface area contributed by atoms with Gasteiger partial charge in [-0.15, -0.1) is 0 Å². The Morgan fingerprint density at radius 3 is 2.47 bits per heavy atom. The number of aromatic nitrogens is 4. The van der Waals surface area contributed by atoms with Gasteiger partial charge in [0.25, 0.3) is 11.8 Å². The van der Waals surface area contributed by atoms with Crippen molar-refractivity contribution in [1.29, 1.82) is 0 Å². The zero-order valence-corrected chi connectivity index (χ0v) is 32.7. The maximum Gasteiger partial charge on any atom is 0.274 e. The zero-order chi connectivity index (χ0) is 39.8. The molecule has 0 bridgehead atoms. The van der Waals surface area contributed by atoms with Crippen molar-refractivity contribution in [2.24, 2.45) is 0 Å². The topological polar surface area (TPSA) is 162 Å². The molecule has 4 aliphatic rings. The van der Waals surface area contributed by atoms with Gasteiger partial charge in [0.05, 0.1) is 24.5 Å². The van der Waals surface area contributed by atoms with E-state index in [9.17, 15) is 19.2 Å². The summed E-state index contributed by atoms with van der Waals surface area (Å²) >= 11 is 0. The van der Waals surface area contributed by atoms with Gasteiger partial charge >= 0.3 is 0 Å². The van der Waals surface area contributed by atoms with Crippen LogP contribution >= 0.6 is 0 Å². The number of anilines is 3. The summed E-state index contributed by atoms with van der Waals surface area (Å²) in [6.45, 7) is 10.2. The summed E-state index contributed by atoms with van der Waals surface area (Å²) < 4.78 is 3.71. The number of imide groups is 1. The Kier molecular flexibility index (Phi) is 10.4. The molecule has 2 atom stereocenters. The lowest BCUT2D eigenvalue weighted by molar-refractivity contribution is -0.133. The molecule has 58 heavy (non-hydrogen) atoms. The summed E-state index contributed by atoms with van der Waals surface area (Å²) in [5, 5.41) is 16.9. The van der Waals surface area contributed by atoms with Gasteiger partial charge in [-0.25, -0.2) is 4.98 Å². The minimum atomic E-state index is -0.379. The first-order valence-corrected chi connectivity index (χ1v) is 20.4. The third kappa shape index (κ3) is 8.04. The SMILES string of the molecule is C[C@@H]1CNC(=O)c2cc3ccc(C(=O)Nc4cnn(Cc5ccc(N6CCC(N7CCN(Cc8cccc(NC9CCC(=O)NC9=O)c8)CC7)CC6)cc5)c4)nc3n21. The molecule has 1 unspecified atom stereocenters. The maximum absolute atomic E-state index is 13.2. The van der Waals surface area contributed by atoms with Crippen molar-refractivity contribution in [3.05, 3.63) is 102 Å². The normalized spacial score (nSPS) is 20.8. The smallest absolute Gasteiger partial charge is 0.274 e. The largest absolute Gasteiger partial charge is 0.374 e. The standard InChI is InChI=1S/C43H49N11O4/c1-28-23-44-43(58)38-22-31-7-10-37(48-40(31)54(28)38)41(56)47-33-24-45-53(27-33)26-29-5-8-34(9-6-29)51-15-13-35(14-16-51)52-19-17-50(18-20-52)25-30-3-2-4-32(21-30)46-36-11-12-39(55)49-42(36)57/h2-10,21-22,24,27-28,35-36,46H,11-20,23,25-26H2,1H3,(H,44,58)(H,47,56)(H,49,55,57)/t28-,36?/m1/s1. The van der Waals surface area contributed by atoms with Crippen molar-refractivity contribution in [3.63, 3.8) is 0 Å². The highest BCUT2D eigenvalue weighted by Crippen LogP contribution is 2.27. The highest BCUT2D eigenvalue weighted by molar-refractivity contribution is 6.05. The average Bonchev–Trinajstić information content (AvgIpc) is 3.85. The van der Waals surface area contributed by atoms with Gasteiger partial charge in [-0.3, -0.25) is 39.0 Å². The van der Waals surface area contributed by atoms with Crippen molar-refractivity contribution in [2.45, 2.75) is 63.8 Å². The van der Waals surface area contributed by atoms with Crippen LogP contribution < -0.4 is 26.2 Å². The number of piperazine rings is 1. The summed E-state index contributed by atoms with van der Waals surface area (Å²) in [5.74, 6) is -0.917. The Labute approximate surface area is 336 Å². The predicted molar refractivity (Wildman–Crippen MR) is 221 cm³/mol. The second-order valence-corrected chi connectivity index (χ2v) is 16.0. The fourth-order valence-electron chi connectivity index (χ4n) is 8.80. The molecule has 0 aliphatic carbocycles. The summed E-state index contributed by atoms with van der Waals surface area (Å²) in [6, 6.07) is 22.6. The van der Waals surface area contributed by atoms with E-state index in [4.69, 9.17) is 0 Å². The molecule has 5 aromatic rings. The molecule has 2 aromatic carbocycles. The van der Waals surface area contributed by atoms with Crippen molar-refractivity contribution < 1.29 is 19.2 Å². The van der Waals surface area contributed by atoms with Crippen molar-refractivity contribution in [2.75, 3.05) is 61.3 Å². The summed E-state index contributed by atoms with van der Waals surface area (Å²) in [4.78, 5) is 61.6. The Hall–Kier alpha value is -6.06. The van der Waals surface area contributed by atoms with Crippen LogP contribution in [0.2, 0.25) is 0 Å². The number of rotatable bonds is 10. The van der Waals surface area contributed by atoms with Gasteiger partial charge in [0.15, 0.2) is 0 Å². The number of pyridine rings is 1. The van der Waals surface area contributed by atoms with Gasteiger partial charge in [-0.05, 0) is 79.8 Å². The van der Waals surface area contributed by atoms with Crippen molar-refractivity contribution in [3.8, 4) is 0 Å². The first-order chi connectivity index (χ1) is 28.2. The van der Waals surface area contributed by atoms with Crippen LogP contribution in [0.15, 0.2) is 79.1 Å². The number of hydrogen-bond donors (Lipinski definition) is 4. The number of nitrogens with one attached hydrogen (secondary N) is 4. The highest BCUT2D eigenvalue weighted by atomic mass is 16.2. The number of nitrogens with zero attached hydrogens (tertiary/aromatic N) is 7. The number of hydrogen-bond acceptors (Lipinski definition) is 10. The molecule has 7 heterocycles. The number of piperidine rings is 2. The second-order valence-electron chi connectivity index (χ2n) is 16.0. The third-order valence-corrected chi connectivity index (χ3v) is 12.0. The van der Waals surface area contributed by atoms with Gasteiger partial charge in [0, 0.05) is 87.8 Å². The Morgan fingerprint density at radius 2 is 1.67 bits per heavy atom. The van der Waals surface area contributed by atoms with Crippen LogP contribution in [0.25, 0.3) is 11.0 Å². The molecule has 0 saturated carbocycles. The molecule has 300 valence electrons. The van der Waals surface area contributed by atoms with Gasteiger partial charge in [0.2, 0.25) is 11.8 Å². The van der Waals surface area contributed by atoms with Gasteiger partial charge in [-0.1, -0.05) is 24.3 Å². The van der Waals surface area contributed by atoms with Gasteiger partial charge in [-0.2, -0.15) is 5.10 Å². The zero-order valence-electron chi connectivity index (χ0n) is 32.7. The number of fused-ring (bicyclic) bond motifs is 3. The van der Waals surface area contributed by atoms with Crippen LogP contribution in [0.1, 0.15) is 70.8 Å². The third-order valence-electron chi connectivity index (χ3n) is 12.0. The second kappa shape index (κ2) is 16.1. The minimum Gasteiger partial charge on any atom is -0.374 e. The molecule has 3 fully saturated rings. The number of amides is 4. The molecular formula is C43H49N11O4. The van der Waals surface area contributed by atoms with Crippen molar-refractivity contribution in [1.82, 2.24) is 39.8 Å². The molecule has 4 aliphatic heterocycles. The predicted octanol–water partition coefficient (Wildman–Crippen LogP) is 3.84. The molecular weight excluding hydrogens is 735 g/mol. The van der Waals surface area contributed by atoms with E-state index in [1.54, 1.807) is 12.3 Å². The van der Waals surface area contributed by atoms with Gasteiger partial charge < -0.3 is 25.4 Å². The molecule has 0 spiro atoms. The summed E-state index contributed by atoms with van der Waals surface area (Å²) in [7, 11) is 0. The first kappa shape index (κ1) is 37.5. The van der Waals surface area contributed by atoms with E-state index in [0.717, 1.165) is 75.3 Å². The van der Waals surface area contributed by atoms with E-state index in [0.29, 0.717) is 49.0 Å². The minimum absolute atomic E-state index is 0.0393. The van der Waals surface area contributed by atoms with E-state index in [1.807, 2.05) is 46.6 Å². The molecule has 15 nitrogen and oxygen atoms in total. The monoisotopic (exact) mass is 783 g/mol. The molecule has 4 amide bonds. The molecule has 3 aromatic heterocycles. The Morgan fingerprint density at radius 1 is 0.862 bits per heavy atom. The molecule has 3 saturated heterocycles. The summed E-state index contributed by atoms with van der Waals surface area (Å²) in [6.07, 6.45) is 6.63. The van der Waals surface area contributed by atoms with E-state index >= 15 is 0 Å². The number of benzene rings is 2. The molecule has 0 radical (unpaired) electrons. The van der Waals surface area contributed by atoms with Crippen LogP contribution in [0.5, 0.6) is 0 Å². The van der Waals surface area contributed by atoms with Crippen LogP contribution in [-0.2, 0) is 22.7 Å². The van der Waals surface area contributed by atoms with E-state index in [-0.39, 0.29) is 41.4 Å². The van der Waals surface area contributed by atoms with Crippen molar-refractivity contribution >= 4 is 51.7 Å². The summed E-state index contributed by atoms with van der Waals surface area (Å²) in [5.41, 5.74) is 6.54. The van der Waals surface area contributed by atoms with Crippen LogP contribution in [0.3, 0.4) is 0 Å². The van der Waals surface area contributed by atoms with E-state index in [2.05, 4.69) is 82.4 Å². The lowest BCUT2D eigenvalue weighted by atomic mass is 10.0. The van der Waals surface area contributed by atoms with Crippen LogP contribution in [0.4, 0.5) is 17.1 Å². The molecule has 15 heteroatoms. The Bertz CT molecular complexity index is 2340. The van der Waals surface area contributed by atoms with E-state index in [1.165, 1.54) is 11.3 Å². The van der Waals surface area contributed by atoms with Crippen LogP contribution in [0, 0.1) is 0 Å². The van der Waals surface area contributed by atoms with E-state index < -0.39 is 0 Å². The molecule has 4 N–H and O–H groups in total. The molecule has 9 rings (SSSR count). The average molecular weight is 784 g/mol. The fourth-order valence-corrected chi connectivity index (χ4v) is 8.80. The number of carbonyl (C=O) groups is 4. The van der Waals surface area contributed by atoms with Gasteiger partial charge in [0.1, 0.15) is 23.1 Å². The quantitative estimate of drug-likeness (QED) is 0.153. The number of carbonyl (C=O) groups excluding carboxylic acids is 4. The first-order valence-electron chi connectivity index (χ1n) is 20.4. The Balaban J connectivity index is 0.720.